The van der Waals surface area contributed by atoms with Gasteiger partial charge in [0, 0.05) is 11.8 Å². The lowest BCUT2D eigenvalue weighted by molar-refractivity contribution is 0.453. The minimum atomic E-state index is 0.0614. The van der Waals surface area contributed by atoms with Crippen molar-refractivity contribution in [2.45, 2.75) is 17.3 Å². The number of hydrogen-bond donors (Lipinski definition) is 0. The summed E-state index contributed by atoms with van der Waals surface area (Å²) in [5.74, 6) is 0.281. The summed E-state index contributed by atoms with van der Waals surface area (Å²) < 4.78 is 6.60. The first-order valence-electron chi connectivity index (χ1n) is 5.07. The maximum absolute atomic E-state index is 5.85. The molecule has 0 amide bonds. The Morgan fingerprint density at radius 3 is 2.84 bits per heavy atom. The number of hydrogen-bond acceptors (Lipinski definition) is 8. The van der Waals surface area contributed by atoms with E-state index in [1.54, 1.807) is 6.26 Å². The van der Waals surface area contributed by atoms with Gasteiger partial charge in [-0.25, -0.2) is 9.97 Å². The molecular formula is C9H6ClN7OS. The van der Waals surface area contributed by atoms with Crippen molar-refractivity contribution in [3.05, 3.63) is 29.9 Å². The summed E-state index contributed by atoms with van der Waals surface area (Å²) in [6.45, 7) is 1.83. The van der Waals surface area contributed by atoms with Crippen molar-refractivity contribution in [2.75, 3.05) is 0 Å². The topological polar surface area (TPSA) is 95.4 Å². The fourth-order valence-electron chi connectivity index (χ4n) is 1.24. The number of rotatable bonds is 3. The number of aryl methyl sites for hydroxylation is 1. The van der Waals surface area contributed by atoms with Crippen LogP contribution in [0.1, 0.15) is 5.69 Å². The van der Waals surface area contributed by atoms with Gasteiger partial charge in [-0.05, 0) is 18.5 Å². The van der Waals surface area contributed by atoms with Gasteiger partial charge in [0.05, 0.1) is 5.69 Å². The van der Waals surface area contributed by atoms with Crippen LogP contribution in [0.2, 0.25) is 5.28 Å². The molecule has 0 unspecified atom stereocenters. The molecular weight excluding hydrogens is 290 g/mol. The first kappa shape index (κ1) is 12.1. The highest BCUT2D eigenvalue weighted by molar-refractivity contribution is 7.98. The summed E-state index contributed by atoms with van der Waals surface area (Å²) in [6.07, 6.45) is 4.39. The van der Waals surface area contributed by atoms with E-state index in [0.717, 1.165) is 17.5 Å². The van der Waals surface area contributed by atoms with Gasteiger partial charge in [-0.1, -0.05) is 0 Å². The number of oxazole rings is 1. The third kappa shape index (κ3) is 2.71. The molecule has 0 aromatic carbocycles. The summed E-state index contributed by atoms with van der Waals surface area (Å²) in [7, 11) is 0. The van der Waals surface area contributed by atoms with Crippen LogP contribution in [0, 0.1) is 6.92 Å². The summed E-state index contributed by atoms with van der Waals surface area (Å²) in [4.78, 5) is 20.1. The van der Waals surface area contributed by atoms with Crippen LogP contribution in [0.25, 0.3) is 5.95 Å². The summed E-state index contributed by atoms with van der Waals surface area (Å²) >= 11 is 7.00. The number of halogens is 1. The van der Waals surface area contributed by atoms with Crippen molar-refractivity contribution in [1.29, 1.82) is 0 Å². The molecule has 3 aromatic rings. The molecule has 0 radical (unpaired) electrons. The first-order chi connectivity index (χ1) is 9.20. The predicted molar refractivity (Wildman–Crippen MR) is 65.1 cm³/mol. The van der Waals surface area contributed by atoms with E-state index in [9.17, 15) is 0 Å². The van der Waals surface area contributed by atoms with E-state index < -0.39 is 0 Å². The molecule has 0 saturated heterocycles. The zero-order chi connectivity index (χ0) is 13.2. The highest BCUT2D eigenvalue weighted by Crippen LogP contribution is 2.24. The molecule has 10 heteroatoms. The third-order valence-corrected chi connectivity index (χ3v) is 2.87. The molecule has 0 aliphatic carbocycles. The minimum absolute atomic E-state index is 0.0614. The van der Waals surface area contributed by atoms with Crippen molar-refractivity contribution < 1.29 is 4.42 Å². The second-order valence-corrected chi connectivity index (χ2v) is 4.64. The minimum Gasteiger partial charge on any atom is -0.439 e. The Labute approximate surface area is 116 Å². The monoisotopic (exact) mass is 295 g/mol. The summed E-state index contributed by atoms with van der Waals surface area (Å²) in [5, 5.41) is 4.79. The standard InChI is InChI=1S/C9H6ClN7OS/c1-5-2-18-9(13-5)19-8-15-6(10)14-7(16-8)17-4-11-3-12-17/h2-4H,1H3. The van der Waals surface area contributed by atoms with E-state index in [1.807, 2.05) is 6.92 Å². The molecule has 8 nitrogen and oxygen atoms in total. The van der Waals surface area contributed by atoms with Gasteiger partial charge in [-0.3, -0.25) is 0 Å². The molecule has 96 valence electrons. The molecule has 19 heavy (non-hydrogen) atoms. The largest absolute Gasteiger partial charge is 0.439 e. The van der Waals surface area contributed by atoms with Gasteiger partial charge < -0.3 is 4.42 Å². The maximum atomic E-state index is 5.85. The van der Waals surface area contributed by atoms with E-state index in [-0.39, 0.29) is 11.2 Å². The van der Waals surface area contributed by atoms with Gasteiger partial charge in [0.15, 0.2) is 0 Å². The van der Waals surface area contributed by atoms with E-state index >= 15 is 0 Å². The molecule has 3 aromatic heterocycles. The Hall–Kier alpha value is -2.00. The number of aromatic nitrogens is 7. The Morgan fingerprint density at radius 1 is 1.26 bits per heavy atom. The Morgan fingerprint density at radius 2 is 2.16 bits per heavy atom. The van der Waals surface area contributed by atoms with Gasteiger partial charge in [0.2, 0.25) is 10.4 Å². The molecule has 3 heterocycles. The van der Waals surface area contributed by atoms with Crippen molar-refractivity contribution in [2.24, 2.45) is 0 Å². The lowest BCUT2D eigenvalue weighted by Crippen LogP contribution is -2.04. The van der Waals surface area contributed by atoms with Crippen molar-refractivity contribution in [1.82, 2.24) is 34.7 Å². The van der Waals surface area contributed by atoms with Gasteiger partial charge in [-0.15, -0.1) is 0 Å². The van der Waals surface area contributed by atoms with E-state index in [1.165, 1.54) is 17.3 Å². The smallest absolute Gasteiger partial charge is 0.263 e. The van der Waals surface area contributed by atoms with E-state index in [4.69, 9.17) is 16.0 Å². The second-order valence-electron chi connectivity index (χ2n) is 3.38. The van der Waals surface area contributed by atoms with Crippen molar-refractivity contribution in [3.8, 4) is 5.95 Å². The van der Waals surface area contributed by atoms with Crippen LogP contribution in [0.5, 0.6) is 0 Å². The molecule has 0 aliphatic heterocycles. The Balaban J connectivity index is 1.94. The van der Waals surface area contributed by atoms with Crippen molar-refractivity contribution >= 4 is 23.4 Å². The summed E-state index contributed by atoms with van der Waals surface area (Å²) in [6, 6.07) is 0. The van der Waals surface area contributed by atoms with Crippen LogP contribution in [-0.4, -0.2) is 34.7 Å². The molecule has 0 spiro atoms. The van der Waals surface area contributed by atoms with E-state index in [2.05, 4.69) is 30.0 Å². The number of nitrogens with zero attached hydrogens (tertiary/aromatic N) is 7. The lowest BCUT2D eigenvalue weighted by atomic mass is 10.6. The Bertz CT molecular complexity index is 698. The van der Waals surface area contributed by atoms with Crippen LogP contribution < -0.4 is 0 Å². The van der Waals surface area contributed by atoms with Crippen molar-refractivity contribution in [3.63, 3.8) is 0 Å². The predicted octanol–water partition coefficient (Wildman–Crippen LogP) is 1.55. The molecule has 0 atom stereocenters. The quantitative estimate of drug-likeness (QED) is 0.718. The Kier molecular flexibility index (Phi) is 3.13. The van der Waals surface area contributed by atoms with Crippen LogP contribution >= 0.6 is 23.4 Å². The van der Waals surface area contributed by atoms with Crippen LogP contribution in [0.15, 0.2) is 33.7 Å². The highest BCUT2D eigenvalue weighted by Gasteiger charge is 2.11. The average molecular weight is 296 g/mol. The summed E-state index contributed by atoms with van der Waals surface area (Å²) in [5.41, 5.74) is 0.777. The first-order valence-corrected chi connectivity index (χ1v) is 6.27. The molecule has 0 fully saturated rings. The van der Waals surface area contributed by atoms with E-state index in [0.29, 0.717) is 10.4 Å². The van der Waals surface area contributed by atoms with Crippen LogP contribution in [-0.2, 0) is 0 Å². The third-order valence-electron chi connectivity index (χ3n) is 1.98. The molecule has 0 bridgehead atoms. The van der Waals surface area contributed by atoms with Gasteiger partial charge in [0.1, 0.15) is 18.9 Å². The van der Waals surface area contributed by atoms with Crippen LogP contribution in [0.3, 0.4) is 0 Å². The highest BCUT2D eigenvalue weighted by atomic mass is 35.5. The molecule has 3 rings (SSSR count). The maximum Gasteiger partial charge on any atom is 0.263 e. The normalized spacial score (nSPS) is 10.8. The fraction of sp³-hybridized carbons (Fsp3) is 0.111. The zero-order valence-electron chi connectivity index (χ0n) is 9.56. The SMILES string of the molecule is Cc1coc(Sc2nc(Cl)nc(-n3cncn3)n2)n1. The zero-order valence-corrected chi connectivity index (χ0v) is 11.1. The fourth-order valence-corrected chi connectivity index (χ4v) is 2.15. The second kappa shape index (κ2) is 4.94. The average Bonchev–Trinajstić information content (AvgIpc) is 3.00. The van der Waals surface area contributed by atoms with Crippen LogP contribution in [0.4, 0.5) is 0 Å². The molecule has 0 saturated carbocycles. The van der Waals surface area contributed by atoms with Gasteiger partial charge in [-0.2, -0.15) is 24.7 Å². The van der Waals surface area contributed by atoms with Gasteiger partial charge in [0.25, 0.3) is 11.2 Å². The molecule has 0 N–H and O–H groups in total. The van der Waals surface area contributed by atoms with Gasteiger partial charge >= 0.3 is 0 Å². The lowest BCUT2D eigenvalue weighted by Gasteiger charge is -2.01. The molecule has 0 aliphatic rings.